The smallest absolute Gasteiger partial charge is 0.256 e. The van der Waals surface area contributed by atoms with Crippen LogP contribution in [0.25, 0.3) is 0 Å². The molecule has 1 aliphatic carbocycles. The summed E-state index contributed by atoms with van der Waals surface area (Å²) in [6.07, 6.45) is 4.40. The first-order valence-electron chi connectivity index (χ1n) is 9.97. The minimum Gasteiger partial charge on any atom is -0.312 e. The van der Waals surface area contributed by atoms with E-state index in [-0.39, 0.29) is 15.5 Å². The number of hydrogen-bond acceptors (Lipinski definition) is 5. The van der Waals surface area contributed by atoms with Gasteiger partial charge in [-0.15, -0.1) is 11.3 Å². The third-order valence-corrected chi connectivity index (χ3v) is 9.28. The van der Waals surface area contributed by atoms with E-state index >= 15 is 0 Å². The standard InChI is InChI=1S/C21H22ClN3O3S2/c1-13-4-6-15-16(12-23)21(29-18(15)10-13)24-20(26)14-5-7-17(22)19(11-14)30(27,28)25-8-2-3-9-25/h5,7,11,13H,2-4,6,8-10H2,1H3,(H,24,26). The lowest BCUT2D eigenvalue weighted by Crippen LogP contribution is -2.28. The normalized spacial score (nSPS) is 19.3. The van der Waals surface area contributed by atoms with Crippen LogP contribution in [0.3, 0.4) is 0 Å². The van der Waals surface area contributed by atoms with Crippen LogP contribution in [0.2, 0.25) is 5.02 Å². The highest BCUT2D eigenvalue weighted by Crippen LogP contribution is 2.39. The van der Waals surface area contributed by atoms with Crippen molar-refractivity contribution in [3.63, 3.8) is 0 Å². The van der Waals surface area contributed by atoms with Gasteiger partial charge in [0.1, 0.15) is 16.0 Å². The van der Waals surface area contributed by atoms with Crippen molar-refractivity contribution in [2.75, 3.05) is 18.4 Å². The Kier molecular flexibility index (Phi) is 5.90. The van der Waals surface area contributed by atoms with Gasteiger partial charge in [-0.05, 0) is 61.8 Å². The van der Waals surface area contributed by atoms with Gasteiger partial charge in [-0.25, -0.2) is 8.42 Å². The van der Waals surface area contributed by atoms with E-state index in [1.807, 2.05) is 0 Å². The van der Waals surface area contributed by atoms with Gasteiger partial charge in [0.2, 0.25) is 10.0 Å². The zero-order valence-electron chi connectivity index (χ0n) is 16.6. The lowest BCUT2D eigenvalue weighted by molar-refractivity contribution is 0.102. The van der Waals surface area contributed by atoms with Crippen LogP contribution >= 0.6 is 22.9 Å². The number of benzene rings is 1. The second kappa shape index (κ2) is 8.31. The number of nitrogens with zero attached hydrogens (tertiary/aromatic N) is 2. The number of nitriles is 1. The van der Waals surface area contributed by atoms with E-state index in [2.05, 4.69) is 18.3 Å². The zero-order chi connectivity index (χ0) is 21.5. The maximum atomic E-state index is 12.9. The highest BCUT2D eigenvalue weighted by molar-refractivity contribution is 7.89. The third kappa shape index (κ3) is 3.87. The number of carbonyl (C=O) groups is 1. The molecular weight excluding hydrogens is 442 g/mol. The summed E-state index contributed by atoms with van der Waals surface area (Å²) >= 11 is 7.62. The highest BCUT2D eigenvalue weighted by atomic mass is 35.5. The fraction of sp³-hybridized carbons (Fsp3) is 0.429. The van der Waals surface area contributed by atoms with Crippen molar-refractivity contribution in [1.29, 1.82) is 5.26 Å². The molecule has 2 aliphatic rings. The summed E-state index contributed by atoms with van der Waals surface area (Å²) in [6, 6.07) is 6.49. The monoisotopic (exact) mass is 463 g/mol. The molecule has 0 radical (unpaired) electrons. The SMILES string of the molecule is CC1CCc2c(sc(NC(=O)c3ccc(Cl)c(S(=O)(=O)N4CCCC4)c3)c2C#N)C1. The Morgan fingerprint density at radius 1 is 1.33 bits per heavy atom. The van der Waals surface area contributed by atoms with Gasteiger partial charge in [-0.3, -0.25) is 4.79 Å². The Bertz CT molecular complexity index is 1140. The van der Waals surface area contributed by atoms with Crippen LogP contribution in [-0.2, 0) is 22.9 Å². The van der Waals surface area contributed by atoms with Crippen molar-refractivity contribution >= 4 is 43.9 Å². The van der Waals surface area contributed by atoms with Gasteiger partial charge in [0.05, 0.1) is 10.6 Å². The number of sulfonamides is 1. The van der Waals surface area contributed by atoms with E-state index in [0.29, 0.717) is 29.6 Å². The quantitative estimate of drug-likeness (QED) is 0.725. The molecule has 0 saturated carbocycles. The van der Waals surface area contributed by atoms with Crippen LogP contribution < -0.4 is 5.32 Å². The summed E-state index contributed by atoms with van der Waals surface area (Å²) in [5.41, 5.74) is 1.75. The fourth-order valence-corrected chi connectivity index (χ4v) is 7.42. The summed E-state index contributed by atoms with van der Waals surface area (Å²) in [7, 11) is -3.75. The summed E-state index contributed by atoms with van der Waals surface area (Å²) < 4.78 is 27.2. The molecule has 1 atom stereocenters. The summed E-state index contributed by atoms with van der Waals surface area (Å²) in [5, 5.41) is 13.1. The maximum Gasteiger partial charge on any atom is 0.256 e. The lowest BCUT2D eigenvalue weighted by Gasteiger charge is -2.17. The van der Waals surface area contributed by atoms with Crippen LogP contribution in [0.15, 0.2) is 23.1 Å². The minimum absolute atomic E-state index is 0.0569. The van der Waals surface area contributed by atoms with Crippen molar-refractivity contribution < 1.29 is 13.2 Å². The van der Waals surface area contributed by atoms with Gasteiger partial charge in [0.25, 0.3) is 5.91 Å². The topological polar surface area (TPSA) is 90.3 Å². The number of amides is 1. The second-order valence-corrected chi connectivity index (χ2v) is 11.3. The van der Waals surface area contributed by atoms with E-state index < -0.39 is 15.9 Å². The van der Waals surface area contributed by atoms with Gasteiger partial charge in [-0.2, -0.15) is 9.57 Å². The zero-order valence-corrected chi connectivity index (χ0v) is 19.0. The Hall–Kier alpha value is -1.92. The molecule has 0 spiro atoms. The number of nitrogens with one attached hydrogen (secondary N) is 1. The first kappa shape index (κ1) is 21.3. The van der Waals surface area contributed by atoms with E-state index in [4.69, 9.17) is 11.6 Å². The minimum atomic E-state index is -3.75. The number of carbonyl (C=O) groups excluding carboxylic acids is 1. The molecular formula is C21H22ClN3O3S2. The van der Waals surface area contributed by atoms with Crippen molar-refractivity contribution in [2.45, 2.75) is 43.9 Å². The average molecular weight is 464 g/mol. The molecule has 2 heterocycles. The van der Waals surface area contributed by atoms with Crippen molar-refractivity contribution in [1.82, 2.24) is 4.31 Å². The molecule has 1 N–H and O–H groups in total. The van der Waals surface area contributed by atoms with Crippen LogP contribution in [0, 0.1) is 17.2 Å². The summed E-state index contributed by atoms with van der Waals surface area (Å²) in [4.78, 5) is 14.0. The van der Waals surface area contributed by atoms with Gasteiger partial charge in [0.15, 0.2) is 0 Å². The van der Waals surface area contributed by atoms with Gasteiger partial charge >= 0.3 is 0 Å². The number of thiophene rings is 1. The van der Waals surface area contributed by atoms with E-state index in [1.165, 1.54) is 33.8 Å². The molecule has 1 fully saturated rings. The van der Waals surface area contributed by atoms with Crippen molar-refractivity contribution in [3.05, 3.63) is 44.8 Å². The molecule has 1 amide bonds. The predicted molar refractivity (Wildman–Crippen MR) is 118 cm³/mol. The van der Waals surface area contributed by atoms with E-state index in [9.17, 15) is 18.5 Å². The van der Waals surface area contributed by atoms with Crippen molar-refractivity contribution in [3.8, 4) is 6.07 Å². The van der Waals surface area contributed by atoms with Crippen molar-refractivity contribution in [2.24, 2.45) is 5.92 Å². The molecule has 1 aromatic heterocycles. The summed E-state index contributed by atoms with van der Waals surface area (Å²) in [6.45, 7) is 3.10. The first-order chi connectivity index (χ1) is 14.3. The number of rotatable bonds is 4. The molecule has 1 saturated heterocycles. The molecule has 30 heavy (non-hydrogen) atoms. The second-order valence-electron chi connectivity index (χ2n) is 7.88. The molecule has 6 nitrogen and oxygen atoms in total. The summed E-state index contributed by atoms with van der Waals surface area (Å²) in [5.74, 6) is 0.105. The number of anilines is 1. The molecule has 1 unspecified atom stereocenters. The molecule has 158 valence electrons. The molecule has 9 heteroatoms. The largest absolute Gasteiger partial charge is 0.312 e. The van der Waals surface area contributed by atoms with E-state index in [1.54, 1.807) is 0 Å². The van der Waals surface area contributed by atoms with Gasteiger partial charge in [-0.1, -0.05) is 18.5 Å². The first-order valence-corrected chi connectivity index (χ1v) is 12.6. The third-order valence-electron chi connectivity index (χ3n) is 5.73. The van der Waals surface area contributed by atoms with Crippen LogP contribution in [0.5, 0.6) is 0 Å². The van der Waals surface area contributed by atoms with Crippen LogP contribution in [0.4, 0.5) is 5.00 Å². The fourth-order valence-electron chi connectivity index (χ4n) is 4.04. The molecule has 0 bridgehead atoms. The molecule has 1 aliphatic heterocycles. The Balaban J connectivity index is 1.63. The Morgan fingerprint density at radius 2 is 2.07 bits per heavy atom. The Morgan fingerprint density at radius 3 is 2.77 bits per heavy atom. The predicted octanol–water partition coefficient (Wildman–Crippen LogP) is 4.43. The molecule has 2 aromatic rings. The number of halogens is 1. The lowest BCUT2D eigenvalue weighted by atomic mass is 9.88. The van der Waals surface area contributed by atoms with Gasteiger partial charge < -0.3 is 5.32 Å². The van der Waals surface area contributed by atoms with Crippen LogP contribution in [-0.4, -0.2) is 31.7 Å². The highest BCUT2D eigenvalue weighted by Gasteiger charge is 2.30. The van der Waals surface area contributed by atoms with Crippen LogP contribution in [0.1, 0.15) is 52.5 Å². The number of hydrogen-bond donors (Lipinski definition) is 1. The number of fused-ring (bicyclic) bond motifs is 1. The van der Waals surface area contributed by atoms with Gasteiger partial charge in [0, 0.05) is 23.5 Å². The average Bonchev–Trinajstić information content (AvgIpc) is 3.35. The maximum absolute atomic E-state index is 12.9. The molecule has 4 rings (SSSR count). The Labute approximate surface area is 185 Å². The van der Waals surface area contributed by atoms with E-state index in [0.717, 1.165) is 42.5 Å². The molecule has 1 aromatic carbocycles.